The van der Waals surface area contributed by atoms with Crippen LogP contribution in [0.5, 0.6) is 0 Å². The molecule has 1 heteroatoms. The van der Waals surface area contributed by atoms with E-state index >= 15 is 0 Å². The number of allylic oxidation sites excluding steroid dienone is 2. The number of H-pyrrole nitrogens is 1. The van der Waals surface area contributed by atoms with Crippen LogP contribution in [-0.4, -0.2) is 4.98 Å². The highest BCUT2D eigenvalue weighted by Gasteiger charge is 2.02. The van der Waals surface area contributed by atoms with E-state index in [0.29, 0.717) is 0 Å². The number of hydrogen-bond acceptors (Lipinski definition) is 0. The molecule has 2 rings (SSSR count). The van der Waals surface area contributed by atoms with Gasteiger partial charge in [0, 0.05) is 11.7 Å². The molecule has 0 aliphatic heterocycles. The maximum absolute atomic E-state index is 3.29. The van der Waals surface area contributed by atoms with Crippen LogP contribution in [0.4, 0.5) is 0 Å². The second-order valence-electron chi connectivity index (χ2n) is 4.55. The van der Waals surface area contributed by atoms with Gasteiger partial charge in [-0.2, -0.15) is 0 Å². The van der Waals surface area contributed by atoms with Crippen LogP contribution in [0, 0.1) is 0 Å². The molecule has 1 nitrogen and oxygen atoms in total. The molecule has 0 amide bonds. The zero-order valence-electron chi connectivity index (χ0n) is 10.8. The standard InChI is InChI=1S/C16H21N/c1-3-5-7-13(6-4-2)15-9-8-14-10-11-17-16(14)12-15/h7-12,17H,3-6H2,1-2H3/b13-7-. The number of unbranched alkanes of at least 4 members (excludes halogenated alkanes) is 1. The quantitative estimate of drug-likeness (QED) is 0.727. The third-order valence-electron chi connectivity index (χ3n) is 3.12. The molecule has 0 unspecified atom stereocenters. The van der Waals surface area contributed by atoms with Crippen molar-refractivity contribution in [1.82, 2.24) is 4.98 Å². The van der Waals surface area contributed by atoms with Crippen LogP contribution in [0.2, 0.25) is 0 Å². The van der Waals surface area contributed by atoms with Crippen molar-refractivity contribution in [3.05, 3.63) is 42.1 Å². The molecule has 0 fully saturated rings. The third-order valence-corrected chi connectivity index (χ3v) is 3.12. The first kappa shape index (κ1) is 12.0. The molecule has 2 aromatic rings. The summed E-state index contributed by atoms with van der Waals surface area (Å²) in [5, 5.41) is 1.29. The van der Waals surface area contributed by atoms with E-state index in [0.717, 1.165) is 0 Å². The lowest BCUT2D eigenvalue weighted by atomic mass is 9.99. The van der Waals surface area contributed by atoms with Gasteiger partial charge < -0.3 is 4.98 Å². The Morgan fingerprint density at radius 3 is 2.82 bits per heavy atom. The third kappa shape index (κ3) is 2.79. The second kappa shape index (κ2) is 5.72. The number of aromatic nitrogens is 1. The van der Waals surface area contributed by atoms with Crippen LogP contribution >= 0.6 is 0 Å². The summed E-state index contributed by atoms with van der Waals surface area (Å²) in [7, 11) is 0. The zero-order valence-corrected chi connectivity index (χ0v) is 10.8. The first-order chi connectivity index (χ1) is 8.35. The average Bonchev–Trinajstić information content (AvgIpc) is 2.81. The molecular formula is C16H21N. The molecule has 0 radical (unpaired) electrons. The van der Waals surface area contributed by atoms with Crippen LogP contribution in [0.3, 0.4) is 0 Å². The van der Waals surface area contributed by atoms with Crippen LogP contribution < -0.4 is 0 Å². The molecular weight excluding hydrogens is 206 g/mol. The first-order valence-corrected chi connectivity index (χ1v) is 6.61. The summed E-state index contributed by atoms with van der Waals surface area (Å²) in [6.07, 6.45) is 9.18. The van der Waals surface area contributed by atoms with Crippen molar-refractivity contribution >= 4 is 16.5 Å². The molecule has 1 N–H and O–H groups in total. The number of hydrogen-bond donors (Lipinski definition) is 1. The minimum Gasteiger partial charge on any atom is -0.361 e. The van der Waals surface area contributed by atoms with Gasteiger partial charge in [-0.05, 0) is 41.5 Å². The van der Waals surface area contributed by atoms with Gasteiger partial charge in [-0.1, -0.05) is 44.9 Å². The van der Waals surface area contributed by atoms with E-state index in [4.69, 9.17) is 0 Å². The number of fused-ring (bicyclic) bond motifs is 1. The topological polar surface area (TPSA) is 15.8 Å². The molecule has 0 aliphatic carbocycles. The van der Waals surface area contributed by atoms with Crippen molar-refractivity contribution in [2.45, 2.75) is 39.5 Å². The SMILES string of the molecule is CCC/C=C(/CCC)c1ccc2cc[nH]c2c1. The predicted octanol–water partition coefficient (Wildman–Crippen LogP) is 5.15. The van der Waals surface area contributed by atoms with Crippen LogP contribution in [0.1, 0.15) is 45.1 Å². The van der Waals surface area contributed by atoms with Crippen molar-refractivity contribution in [2.24, 2.45) is 0 Å². The lowest BCUT2D eigenvalue weighted by molar-refractivity contribution is 0.933. The molecule has 0 saturated heterocycles. The Morgan fingerprint density at radius 2 is 2.06 bits per heavy atom. The summed E-state index contributed by atoms with van der Waals surface area (Å²) in [6, 6.07) is 8.84. The van der Waals surface area contributed by atoms with Gasteiger partial charge in [0.05, 0.1) is 0 Å². The second-order valence-corrected chi connectivity index (χ2v) is 4.55. The summed E-state index contributed by atoms with van der Waals surface area (Å²) >= 11 is 0. The van der Waals surface area contributed by atoms with E-state index < -0.39 is 0 Å². The summed E-state index contributed by atoms with van der Waals surface area (Å²) in [5.41, 5.74) is 4.10. The number of benzene rings is 1. The minimum atomic E-state index is 1.17. The van der Waals surface area contributed by atoms with Crippen molar-refractivity contribution < 1.29 is 0 Å². The van der Waals surface area contributed by atoms with Crippen LogP contribution in [0.15, 0.2) is 36.5 Å². The van der Waals surface area contributed by atoms with E-state index in [1.165, 1.54) is 47.7 Å². The molecule has 1 aromatic carbocycles. The van der Waals surface area contributed by atoms with Gasteiger partial charge >= 0.3 is 0 Å². The molecule has 1 aromatic heterocycles. The molecule has 0 aliphatic rings. The smallest absolute Gasteiger partial charge is 0.0460 e. The van der Waals surface area contributed by atoms with Gasteiger partial charge in [0.15, 0.2) is 0 Å². The van der Waals surface area contributed by atoms with Crippen molar-refractivity contribution in [1.29, 1.82) is 0 Å². The summed E-state index contributed by atoms with van der Waals surface area (Å²) in [5.74, 6) is 0. The van der Waals surface area contributed by atoms with Crippen LogP contribution in [-0.2, 0) is 0 Å². The monoisotopic (exact) mass is 227 g/mol. The maximum atomic E-state index is 3.29. The first-order valence-electron chi connectivity index (χ1n) is 6.61. The summed E-state index contributed by atoms with van der Waals surface area (Å²) in [6.45, 7) is 4.47. The molecule has 0 atom stereocenters. The molecule has 17 heavy (non-hydrogen) atoms. The van der Waals surface area contributed by atoms with E-state index in [-0.39, 0.29) is 0 Å². The number of nitrogens with one attached hydrogen (secondary N) is 1. The van der Waals surface area contributed by atoms with Gasteiger partial charge in [-0.3, -0.25) is 0 Å². The Balaban J connectivity index is 2.33. The Hall–Kier alpha value is -1.50. The Bertz CT molecular complexity index is 505. The van der Waals surface area contributed by atoms with Gasteiger partial charge in [-0.25, -0.2) is 0 Å². The van der Waals surface area contributed by atoms with E-state index in [2.05, 4.69) is 49.2 Å². The van der Waals surface area contributed by atoms with E-state index in [1.54, 1.807) is 0 Å². The molecule has 0 bridgehead atoms. The Labute approximate surface area is 104 Å². The highest BCUT2D eigenvalue weighted by molar-refractivity contribution is 5.83. The van der Waals surface area contributed by atoms with Crippen molar-refractivity contribution in [2.75, 3.05) is 0 Å². The lowest BCUT2D eigenvalue weighted by Gasteiger charge is -2.07. The normalized spacial score (nSPS) is 12.2. The lowest BCUT2D eigenvalue weighted by Crippen LogP contribution is -1.85. The average molecular weight is 227 g/mol. The van der Waals surface area contributed by atoms with Crippen LogP contribution in [0.25, 0.3) is 16.5 Å². The maximum Gasteiger partial charge on any atom is 0.0460 e. The fraction of sp³-hybridized carbons (Fsp3) is 0.375. The minimum absolute atomic E-state index is 1.17. The number of aromatic amines is 1. The van der Waals surface area contributed by atoms with Gasteiger partial charge in [0.1, 0.15) is 0 Å². The van der Waals surface area contributed by atoms with Gasteiger partial charge in [0.2, 0.25) is 0 Å². The van der Waals surface area contributed by atoms with Crippen molar-refractivity contribution in [3.8, 4) is 0 Å². The summed E-state index contributed by atoms with van der Waals surface area (Å²) in [4.78, 5) is 3.29. The fourth-order valence-electron chi connectivity index (χ4n) is 2.20. The van der Waals surface area contributed by atoms with Crippen molar-refractivity contribution in [3.63, 3.8) is 0 Å². The Morgan fingerprint density at radius 1 is 1.18 bits per heavy atom. The molecule has 0 saturated carbocycles. The highest BCUT2D eigenvalue weighted by atomic mass is 14.7. The molecule has 0 spiro atoms. The van der Waals surface area contributed by atoms with E-state index in [1.807, 2.05) is 6.20 Å². The zero-order chi connectivity index (χ0) is 12.1. The predicted molar refractivity (Wildman–Crippen MR) is 76.1 cm³/mol. The van der Waals surface area contributed by atoms with E-state index in [9.17, 15) is 0 Å². The molecule has 1 heterocycles. The largest absolute Gasteiger partial charge is 0.361 e. The number of rotatable bonds is 5. The highest BCUT2D eigenvalue weighted by Crippen LogP contribution is 2.24. The fourth-order valence-corrected chi connectivity index (χ4v) is 2.20. The van der Waals surface area contributed by atoms with Gasteiger partial charge in [-0.15, -0.1) is 0 Å². The summed E-state index contributed by atoms with van der Waals surface area (Å²) < 4.78 is 0. The van der Waals surface area contributed by atoms with Gasteiger partial charge in [0.25, 0.3) is 0 Å². The molecule has 90 valence electrons. The Kier molecular flexibility index (Phi) is 4.03.